The van der Waals surface area contributed by atoms with Crippen LogP contribution in [0.2, 0.25) is 10.2 Å². The van der Waals surface area contributed by atoms with Gasteiger partial charge in [0, 0.05) is 20.9 Å². The third-order valence-corrected chi connectivity index (χ3v) is 4.00. The van der Waals surface area contributed by atoms with E-state index in [2.05, 4.69) is 27.6 Å². The quantitative estimate of drug-likeness (QED) is 0.453. The van der Waals surface area contributed by atoms with Gasteiger partial charge in [-0.15, -0.1) is 0 Å². The molecule has 1 aromatic carbocycles. The van der Waals surface area contributed by atoms with Crippen molar-refractivity contribution in [2.75, 3.05) is 0 Å². The van der Waals surface area contributed by atoms with Gasteiger partial charge in [-0.25, -0.2) is 4.98 Å². The van der Waals surface area contributed by atoms with Crippen LogP contribution in [-0.2, 0) is 6.42 Å². The Labute approximate surface area is 131 Å². The van der Waals surface area contributed by atoms with Crippen LogP contribution in [0.25, 0.3) is 10.9 Å². The maximum atomic E-state index is 12.3. The van der Waals surface area contributed by atoms with Gasteiger partial charge in [0.1, 0.15) is 5.15 Å². The highest BCUT2D eigenvalue weighted by atomic mass is 127. The summed E-state index contributed by atoms with van der Waals surface area (Å²) in [5, 5.41) is 0.899. The lowest BCUT2D eigenvalue weighted by molar-refractivity contribution is -0.133. The van der Waals surface area contributed by atoms with Crippen molar-refractivity contribution < 1.29 is 13.2 Å². The summed E-state index contributed by atoms with van der Waals surface area (Å²) in [5.41, 5.74) is 0.821. The molecule has 0 aliphatic rings. The first-order valence-corrected chi connectivity index (χ1v) is 7.11. The van der Waals surface area contributed by atoms with Gasteiger partial charge in [-0.1, -0.05) is 23.2 Å². The van der Waals surface area contributed by atoms with Crippen molar-refractivity contribution in [2.45, 2.75) is 19.0 Å². The molecule has 1 nitrogen and oxygen atoms in total. The van der Waals surface area contributed by atoms with Gasteiger partial charge in [-0.3, -0.25) is 0 Å². The van der Waals surface area contributed by atoms with Crippen LogP contribution in [0.3, 0.4) is 0 Å². The van der Waals surface area contributed by atoms with E-state index >= 15 is 0 Å². The SMILES string of the molecule is FC(F)(F)CCc1c(Cl)nc2ccc(I)cc2c1Cl. The van der Waals surface area contributed by atoms with E-state index in [0.717, 1.165) is 3.57 Å². The third-order valence-electron chi connectivity index (χ3n) is 2.59. The van der Waals surface area contributed by atoms with Crippen LogP contribution < -0.4 is 0 Å². The molecular formula is C12H7Cl2F3IN. The molecule has 102 valence electrons. The second-order valence-corrected chi connectivity index (χ2v) is 5.95. The molecule has 2 rings (SSSR count). The molecule has 0 atom stereocenters. The van der Waals surface area contributed by atoms with Crippen molar-refractivity contribution in [1.82, 2.24) is 4.98 Å². The van der Waals surface area contributed by atoms with Gasteiger partial charge in [0.15, 0.2) is 0 Å². The Balaban J connectivity index is 2.49. The van der Waals surface area contributed by atoms with Crippen molar-refractivity contribution >= 4 is 56.7 Å². The first-order valence-electron chi connectivity index (χ1n) is 5.28. The van der Waals surface area contributed by atoms with Gasteiger partial charge in [0.25, 0.3) is 0 Å². The summed E-state index contributed by atoms with van der Waals surface area (Å²) >= 11 is 14.2. The summed E-state index contributed by atoms with van der Waals surface area (Å²) in [5.74, 6) is 0. The zero-order valence-corrected chi connectivity index (χ0v) is 13.0. The van der Waals surface area contributed by atoms with Gasteiger partial charge in [0.05, 0.1) is 10.5 Å². The number of aromatic nitrogens is 1. The average molecular weight is 420 g/mol. The Morgan fingerprint density at radius 1 is 1.21 bits per heavy atom. The Morgan fingerprint density at radius 3 is 2.53 bits per heavy atom. The molecule has 0 fully saturated rings. The fraction of sp³-hybridized carbons (Fsp3) is 0.250. The third kappa shape index (κ3) is 3.64. The van der Waals surface area contributed by atoms with E-state index in [1.807, 2.05) is 6.07 Å². The smallest absolute Gasteiger partial charge is 0.236 e. The second kappa shape index (κ2) is 5.61. The summed E-state index contributed by atoms with van der Waals surface area (Å²) in [6.07, 6.45) is -5.48. The van der Waals surface area contributed by atoms with Gasteiger partial charge in [-0.2, -0.15) is 13.2 Å². The van der Waals surface area contributed by atoms with Crippen molar-refractivity contribution in [2.24, 2.45) is 0 Å². The van der Waals surface area contributed by atoms with Crippen molar-refractivity contribution in [3.63, 3.8) is 0 Å². The normalized spacial score (nSPS) is 12.1. The van der Waals surface area contributed by atoms with Crippen LogP contribution in [0.1, 0.15) is 12.0 Å². The average Bonchev–Trinajstić information content (AvgIpc) is 2.28. The lowest BCUT2D eigenvalue weighted by Crippen LogP contribution is -2.09. The maximum absolute atomic E-state index is 12.3. The summed E-state index contributed by atoms with van der Waals surface area (Å²) in [4.78, 5) is 4.09. The molecule has 0 saturated carbocycles. The van der Waals surface area contributed by atoms with E-state index in [1.165, 1.54) is 0 Å². The molecule has 0 unspecified atom stereocenters. The van der Waals surface area contributed by atoms with E-state index in [0.29, 0.717) is 10.9 Å². The van der Waals surface area contributed by atoms with Crippen LogP contribution in [0.4, 0.5) is 13.2 Å². The molecule has 0 aliphatic carbocycles. The summed E-state index contributed by atoms with van der Waals surface area (Å²) in [6, 6.07) is 5.35. The predicted octanol–water partition coefficient (Wildman–Crippen LogP) is 5.64. The van der Waals surface area contributed by atoms with Crippen LogP contribution >= 0.6 is 45.8 Å². The molecule has 0 radical (unpaired) electrons. The number of alkyl halides is 3. The minimum absolute atomic E-state index is 0.0305. The van der Waals surface area contributed by atoms with E-state index in [4.69, 9.17) is 23.2 Å². The minimum atomic E-state index is -4.24. The molecule has 0 spiro atoms. The Kier molecular flexibility index (Phi) is 4.47. The van der Waals surface area contributed by atoms with E-state index < -0.39 is 12.6 Å². The zero-order valence-electron chi connectivity index (χ0n) is 9.36. The standard InChI is InChI=1S/C12H7Cl2F3IN/c13-10-7(3-4-12(15,16)17)11(14)19-9-2-1-6(18)5-8(9)10/h1-2,5H,3-4H2. The molecule has 1 heterocycles. The fourth-order valence-corrected chi connectivity index (χ4v) is 2.84. The lowest BCUT2D eigenvalue weighted by Gasteiger charge is -2.11. The second-order valence-electron chi connectivity index (χ2n) is 3.97. The minimum Gasteiger partial charge on any atom is -0.236 e. The molecule has 1 aromatic heterocycles. The molecule has 7 heteroatoms. The van der Waals surface area contributed by atoms with Crippen molar-refractivity contribution in [3.8, 4) is 0 Å². The first-order chi connectivity index (χ1) is 8.78. The summed E-state index contributed by atoms with van der Waals surface area (Å²) < 4.78 is 37.8. The molecule has 0 amide bonds. The van der Waals surface area contributed by atoms with Gasteiger partial charge >= 0.3 is 6.18 Å². The van der Waals surface area contributed by atoms with Gasteiger partial charge < -0.3 is 0 Å². The van der Waals surface area contributed by atoms with Crippen LogP contribution in [0.5, 0.6) is 0 Å². The van der Waals surface area contributed by atoms with Crippen LogP contribution in [0, 0.1) is 3.57 Å². The number of fused-ring (bicyclic) bond motifs is 1. The van der Waals surface area contributed by atoms with Crippen molar-refractivity contribution in [1.29, 1.82) is 0 Å². The monoisotopic (exact) mass is 419 g/mol. The Bertz CT molecular complexity index is 628. The van der Waals surface area contributed by atoms with Crippen molar-refractivity contribution in [3.05, 3.63) is 37.5 Å². The number of pyridine rings is 1. The van der Waals surface area contributed by atoms with Gasteiger partial charge in [0.2, 0.25) is 0 Å². The highest BCUT2D eigenvalue weighted by molar-refractivity contribution is 14.1. The van der Waals surface area contributed by atoms with Crippen LogP contribution in [-0.4, -0.2) is 11.2 Å². The number of nitrogens with zero attached hydrogens (tertiary/aromatic N) is 1. The molecule has 0 bridgehead atoms. The zero-order chi connectivity index (χ0) is 14.2. The highest BCUT2D eigenvalue weighted by Gasteiger charge is 2.28. The molecule has 0 aliphatic heterocycles. The first kappa shape index (κ1) is 15.1. The number of rotatable bonds is 2. The molecule has 2 aromatic rings. The lowest BCUT2D eigenvalue weighted by atomic mass is 10.1. The topological polar surface area (TPSA) is 12.9 Å². The molecule has 19 heavy (non-hydrogen) atoms. The van der Waals surface area contributed by atoms with Gasteiger partial charge in [-0.05, 0) is 47.2 Å². The van der Waals surface area contributed by atoms with E-state index in [-0.39, 0.29) is 22.2 Å². The van der Waals surface area contributed by atoms with E-state index in [1.54, 1.807) is 12.1 Å². The Morgan fingerprint density at radius 2 is 1.89 bits per heavy atom. The Hall–Kier alpha value is -0.270. The predicted molar refractivity (Wildman–Crippen MR) is 78.9 cm³/mol. The summed E-state index contributed by atoms with van der Waals surface area (Å²) in [7, 11) is 0. The number of benzene rings is 1. The van der Waals surface area contributed by atoms with Crippen LogP contribution in [0.15, 0.2) is 18.2 Å². The largest absolute Gasteiger partial charge is 0.389 e. The maximum Gasteiger partial charge on any atom is 0.389 e. The fourth-order valence-electron chi connectivity index (χ4n) is 1.69. The van der Waals surface area contributed by atoms with E-state index in [9.17, 15) is 13.2 Å². The number of hydrogen-bond acceptors (Lipinski definition) is 1. The molecule has 0 saturated heterocycles. The molecular weight excluding hydrogens is 413 g/mol. The number of hydrogen-bond donors (Lipinski definition) is 0. The highest BCUT2D eigenvalue weighted by Crippen LogP contribution is 2.34. The number of halogens is 6. The molecule has 0 N–H and O–H groups in total. The summed E-state index contributed by atoms with van der Waals surface area (Å²) in [6.45, 7) is 0.